The Kier molecular flexibility index (Phi) is 20.1. The van der Waals surface area contributed by atoms with Crippen LogP contribution in [0, 0.1) is 37.1 Å². The average Bonchev–Trinajstić information content (AvgIpc) is 4.12. The van der Waals surface area contributed by atoms with Gasteiger partial charge in [-0.15, -0.1) is 10.2 Å². The van der Waals surface area contributed by atoms with Gasteiger partial charge < -0.3 is 44.2 Å². The molecule has 434 valence electrons. The summed E-state index contributed by atoms with van der Waals surface area (Å²) in [6.45, 7) is 16.4. The normalized spacial score (nSPS) is 27.5. The molecule has 23 nitrogen and oxygen atoms in total. The molecule has 0 bridgehead atoms. The summed E-state index contributed by atoms with van der Waals surface area (Å²) >= 11 is 0. The van der Waals surface area contributed by atoms with E-state index < -0.39 is 34.8 Å². The lowest BCUT2D eigenvalue weighted by Crippen LogP contribution is -2.31. The third-order valence-electron chi connectivity index (χ3n) is 13.9. The number of ether oxygens (including phenoxy) is 7. The van der Waals surface area contributed by atoms with E-state index in [1.807, 2.05) is 55.4 Å². The number of nitrogens with one attached hydrogen (secondary N) is 1. The Bertz CT molecular complexity index is 3160. The number of nitrogens with zero attached hydrogens (tertiary/aromatic N) is 10. The number of methoxy groups -OCH3 is 1. The first-order valence-electron chi connectivity index (χ1n) is 25.3. The van der Waals surface area contributed by atoms with E-state index in [2.05, 4.69) is 45.9 Å². The molecule has 6 heterocycles. The van der Waals surface area contributed by atoms with Crippen LogP contribution in [0.5, 0.6) is 5.88 Å². The summed E-state index contributed by atoms with van der Waals surface area (Å²) < 4.78 is 97.6. The molecular weight excluding hydrogens is 1060 g/mol. The predicted octanol–water partition coefficient (Wildman–Crippen LogP) is 6.94. The van der Waals surface area contributed by atoms with Crippen molar-refractivity contribution in [2.75, 3.05) is 25.6 Å². The van der Waals surface area contributed by atoms with Gasteiger partial charge in [-0.05, 0) is 104 Å². The number of aromatic nitrogens is 10. The average molecular weight is 1130 g/mol. The minimum absolute atomic E-state index is 0. The quantitative estimate of drug-likeness (QED) is 0.124. The number of carbonyl (C=O) groups excluding carboxylic acids is 4. The summed E-state index contributed by atoms with van der Waals surface area (Å²) in [6.07, 6.45) is 2.66. The van der Waals surface area contributed by atoms with Crippen LogP contribution >= 0.6 is 0 Å². The molecule has 0 amide bonds. The molecule has 4 saturated carbocycles. The zero-order valence-corrected chi connectivity index (χ0v) is 44.2. The second-order valence-corrected chi connectivity index (χ2v) is 20.1. The Labute approximate surface area is 458 Å². The summed E-state index contributed by atoms with van der Waals surface area (Å²) in [5.74, 6) is -2.13. The first-order chi connectivity index (χ1) is 37.2. The minimum atomic E-state index is -0.843. The van der Waals surface area contributed by atoms with Crippen LogP contribution in [0.4, 0.5) is 23.4 Å². The molecule has 80 heavy (non-hydrogen) atoms. The molecule has 6 aromatic rings. The van der Waals surface area contributed by atoms with Crippen molar-refractivity contribution >= 4 is 40.4 Å². The molecule has 6 fully saturated rings. The van der Waals surface area contributed by atoms with Crippen molar-refractivity contribution in [3.05, 3.63) is 82.4 Å². The molecule has 27 heteroatoms. The first kappa shape index (κ1) is 62.4. The van der Waals surface area contributed by atoms with Gasteiger partial charge in [-0.25, -0.2) is 41.9 Å². The van der Waals surface area contributed by atoms with E-state index in [1.165, 1.54) is 18.2 Å². The molecule has 2 saturated heterocycles. The second-order valence-electron chi connectivity index (χ2n) is 20.1. The third-order valence-corrected chi connectivity index (χ3v) is 13.9. The molecule has 6 aliphatic rings. The Morgan fingerprint density at radius 1 is 0.637 bits per heavy atom. The third kappa shape index (κ3) is 13.5. The number of hydrogen-bond acceptors (Lipinski definition) is 21. The van der Waals surface area contributed by atoms with Gasteiger partial charge in [-0.2, -0.15) is 24.2 Å². The van der Waals surface area contributed by atoms with E-state index in [0.29, 0.717) is 65.3 Å². The zero-order chi connectivity index (χ0) is 56.4. The topological polar surface area (TPSA) is 284 Å². The molecule has 0 unspecified atom stereocenters. The van der Waals surface area contributed by atoms with Crippen LogP contribution in [0.25, 0.3) is 22.3 Å². The van der Waals surface area contributed by atoms with Crippen LogP contribution < -0.4 is 15.8 Å². The van der Waals surface area contributed by atoms with Crippen LogP contribution in [0.3, 0.4) is 0 Å². The maximum Gasteiger partial charge on any atom is 0.373 e. The van der Waals surface area contributed by atoms with Crippen LogP contribution in [0.2, 0.25) is 0 Å². The number of rotatable bonds is 11. The first-order valence-corrected chi connectivity index (χ1v) is 25.3. The molecule has 12 atom stereocenters. The highest BCUT2D eigenvalue weighted by Crippen LogP contribution is 2.48. The standard InChI is InChI=1S/C24H28F2N6O3.C16H23N5O4.C9H9F2N.2CO2.2CH4/c1-5-33-18-10-17(20-21(18)35-24(3,4)34-20)32-23-19(30-31-32)22(27-11(2)28-23)29-16-9-13(16)12-6-7-14(25)15(26)8-12;1-6-23-10-7-9(12-13(10)25-16(3,4)24-12)21-14-11(19-20-21)15(22-5)18-8(2)17-14;10-7-2-1-5(3-8(7)11)6-4-9(6)12;2*2-1-3;;/h6-8,13,16-18,20-21H,5,9-10H2,1-4H3,(H,27,28,29);9-10,12-13H,6-7H2,1-5H3;1-3,6,9H,4,12H2;;;2*1H4/t13-,16+,17+,18-,20-,21+;9-,10+,12+,13-;6-,9+;;;;/m010..../s1. The molecule has 0 radical (unpaired) electrons. The Morgan fingerprint density at radius 3 is 1.50 bits per heavy atom. The second kappa shape index (κ2) is 25.8. The van der Waals surface area contributed by atoms with Gasteiger partial charge in [-0.3, -0.25) is 0 Å². The van der Waals surface area contributed by atoms with E-state index in [-0.39, 0.29) is 99.8 Å². The number of nitrogens with two attached hydrogens (primary N) is 1. The van der Waals surface area contributed by atoms with Crippen molar-refractivity contribution in [1.29, 1.82) is 0 Å². The van der Waals surface area contributed by atoms with Crippen molar-refractivity contribution in [3.63, 3.8) is 0 Å². The number of anilines is 1. The van der Waals surface area contributed by atoms with E-state index in [9.17, 15) is 17.6 Å². The van der Waals surface area contributed by atoms with Crippen LogP contribution in [0.15, 0.2) is 36.4 Å². The molecule has 0 spiro atoms. The van der Waals surface area contributed by atoms with Crippen molar-refractivity contribution in [2.45, 2.75) is 180 Å². The van der Waals surface area contributed by atoms with Gasteiger partial charge in [0.25, 0.3) is 0 Å². The SMILES string of the molecule is C.C.CCO[C@H]1C[C@@H](n2nnc3c(N[C@@H]4C[C@H]4c4ccc(F)c(F)c4)nc(C)nc32)[C@@H]2OC(C)(C)O[C@@H]21.CCO[C@H]1C[C@@H](n2nnc3c(OC)nc(C)nc32)[C@@H]2OC(C)(C)O[C@@H]21.N[C@@H]1C[C@H]1c1ccc(F)c(F)c1.O=C=O.O=C=O. The summed E-state index contributed by atoms with van der Waals surface area (Å²) in [6, 6.07) is 7.96. The minimum Gasteiger partial charge on any atom is -0.479 e. The van der Waals surface area contributed by atoms with Gasteiger partial charge in [-0.1, -0.05) is 37.4 Å². The molecule has 3 N–H and O–H groups in total. The molecule has 12 rings (SSSR count). The van der Waals surface area contributed by atoms with Crippen LogP contribution in [-0.2, 0) is 47.6 Å². The lowest BCUT2D eigenvalue weighted by atomic mass is 10.1. The van der Waals surface area contributed by atoms with Crippen molar-refractivity contribution < 1.29 is 69.9 Å². The van der Waals surface area contributed by atoms with Gasteiger partial charge in [0.2, 0.25) is 5.88 Å². The number of halogens is 4. The maximum absolute atomic E-state index is 13.7. The summed E-state index contributed by atoms with van der Waals surface area (Å²) in [5.41, 5.74) is 9.48. The summed E-state index contributed by atoms with van der Waals surface area (Å²) in [5, 5.41) is 20.8. The zero-order valence-electron chi connectivity index (χ0n) is 44.2. The summed E-state index contributed by atoms with van der Waals surface area (Å²) in [7, 11) is 1.56. The maximum atomic E-state index is 13.7. The fourth-order valence-corrected chi connectivity index (χ4v) is 10.6. The molecule has 2 aliphatic heterocycles. The van der Waals surface area contributed by atoms with Crippen molar-refractivity contribution in [3.8, 4) is 5.88 Å². The highest BCUT2D eigenvalue weighted by Gasteiger charge is 2.57. The number of aryl methyl sites for hydroxylation is 2. The van der Waals surface area contributed by atoms with Gasteiger partial charge in [0.05, 0.1) is 31.4 Å². The van der Waals surface area contributed by atoms with Crippen molar-refractivity contribution in [1.82, 2.24) is 49.9 Å². The smallest absolute Gasteiger partial charge is 0.373 e. The van der Waals surface area contributed by atoms with E-state index >= 15 is 0 Å². The monoisotopic (exact) mass is 1120 g/mol. The predicted molar refractivity (Wildman–Crippen MR) is 274 cm³/mol. The fourth-order valence-electron chi connectivity index (χ4n) is 10.6. The van der Waals surface area contributed by atoms with Gasteiger partial charge >= 0.3 is 12.3 Å². The van der Waals surface area contributed by atoms with Crippen LogP contribution in [-0.4, -0.2) is 143 Å². The fraction of sp³-hybridized carbons (Fsp3) is 0.585. The largest absolute Gasteiger partial charge is 0.479 e. The molecule has 4 aliphatic carbocycles. The Balaban J connectivity index is 0.000000199. The highest BCUT2D eigenvalue weighted by atomic mass is 19.2. The summed E-state index contributed by atoms with van der Waals surface area (Å²) in [4.78, 5) is 50.5. The Morgan fingerprint density at radius 2 is 1.06 bits per heavy atom. The van der Waals surface area contributed by atoms with E-state index in [4.69, 9.17) is 58.1 Å². The Hall–Kier alpha value is -6.80. The van der Waals surface area contributed by atoms with Gasteiger partial charge in [0.15, 0.2) is 63.0 Å². The number of hydrogen-bond donors (Lipinski definition) is 2. The van der Waals surface area contributed by atoms with Gasteiger partial charge in [0.1, 0.15) is 36.1 Å². The highest BCUT2D eigenvalue weighted by molar-refractivity contribution is 5.83. The van der Waals surface area contributed by atoms with Crippen LogP contribution in [0.1, 0.15) is 129 Å². The van der Waals surface area contributed by atoms with Gasteiger partial charge in [0, 0.05) is 50.0 Å². The molecule has 2 aromatic carbocycles. The van der Waals surface area contributed by atoms with E-state index in [1.54, 1.807) is 28.6 Å². The lowest BCUT2D eigenvalue weighted by molar-refractivity contribution is -0.193. The lowest BCUT2D eigenvalue weighted by Gasteiger charge is -2.23. The molecular formula is C53H68F4N12O11. The van der Waals surface area contributed by atoms with E-state index in [0.717, 1.165) is 36.5 Å². The van der Waals surface area contributed by atoms with Crippen molar-refractivity contribution in [2.24, 2.45) is 5.73 Å². The number of benzene rings is 2. The molecule has 4 aromatic heterocycles. The number of fused-ring (bicyclic) bond motifs is 4.